The van der Waals surface area contributed by atoms with Crippen molar-refractivity contribution in [1.29, 1.82) is 5.26 Å². The van der Waals surface area contributed by atoms with Crippen LogP contribution in [0.2, 0.25) is 0 Å². The van der Waals surface area contributed by atoms with Gasteiger partial charge in [-0.3, -0.25) is 14.4 Å². The van der Waals surface area contributed by atoms with E-state index in [0.29, 0.717) is 34.1 Å². The quantitative estimate of drug-likeness (QED) is 0.784. The summed E-state index contributed by atoms with van der Waals surface area (Å²) in [5.41, 5.74) is 3.06. The van der Waals surface area contributed by atoms with E-state index in [9.17, 15) is 14.4 Å². The van der Waals surface area contributed by atoms with Gasteiger partial charge in [0.25, 0.3) is 5.91 Å². The first-order valence-corrected chi connectivity index (χ1v) is 10.9. The highest BCUT2D eigenvalue weighted by molar-refractivity contribution is 7.99. The van der Waals surface area contributed by atoms with Gasteiger partial charge in [-0.25, -0.2) is 0 Å². The summed E-state index contributed by atoms with van der Waals surface area (Å²) < 4.78 is 0. The number of nitriles is 1. The molecule has 2 aliphatic rings. The first kappa shape index (κ1) is 20.7. The van der Waals surface area contributed by atoms with E-state index < -0.39 is 6.04 Å². The minimum Gasteiger partial charge on any atom is -0.324 e. The molecule has 0 saturated carbocycles. The van der Waals surface area contributed by atoms with Gasteiger partial charge < -0.3 is 15.1 Å². The summed E-state index contributed by atoms with van der Waals surface area (Å²) in [7, 11) is 0. The number of thioether (sulfide) groups is 1. The fourth-order valence-electron chi connectivity index (χ4n) is 3.68. The summed E-state index contributed by atoms with van der Waals surface area (Å²) in [5.74, 6) is 0.339. The number of anilines is 1. The maximum Gasteiger partial charge on any atom is 0.258 e. The lowest BCUT2D eigenvalue weighted by Crippen LogP contribution is -2.45. The van der Waals surface area contributed by atoms with Gasteiger partial charge in [-0.1, -0.05) is 24.8 Å². The van der Waals surface area contributed by atoms with Crippen molar-refractivity contribution in [2.24, 2.45) is 0 Å². The Bertz CT molecular complexity index is 1070. The normalized spacial score (nSPS) is 17.5. The van der Waals surface area contributed by atoms with Gasteiger partial charge in [0.05, 0.1) is 17.5 Å². The summed E-state index contributed by atoms with van der Waals surface area (Å²) in [6.07, 6.45) is 0.111. The van der Waals surface area contributed by atoms with E-state index >= 15 is 0 Å². The van der Waals surface area contributed by atoms with Crippen molar-refractivity contribution in [1.82, 2.24) is 9.80 Å². The fraction of sp³-hybridized carbons (Fsp3) is 0.217. The Labute approximate surface area is 184 Å². The Hall–Kier alpha value is -3.57. The fourth-order valence-corrected chi connectivity index (χ4v) is 4.86. The molecule has 1 N–H and O–H groups in total. The number of amides is 3. The van der Waals surface area contributed by atoms with E-state index in [1.54, 1.807) is 41.3 Å². The lowest BCUT2D eigenvalue weighted by molar-refractivity contribution is -0.136. The zero-order valence-electron chi connectivity index (χ0n) is 16.7. The van der Waals surface area contributed by atoms with Crippen molar-refractivity contribution in [2.45, 2.75) is 12.5 Å². The first-order valence-electron chi connectivity index (χ1n) is 9.78. The van der Waals surface area contributed by atoms with Gasteiger partial charge in [0, 0.05) is 41.2 Å². The highest BCUT2D eigenvalue weighted by Crippen LogP contribution is 2.31. The predicted octanol–water partition coefficient (Wildman–Crippen LogP) is 2.92. The van der Waals surface area contributed by atoms with Crippen molar-refractivity contribution in [2.75, 3.05) is 23.5 Å². The summed E-state index contributed by atoms with van der Waals surface area (Å²) in [5, 5.41) is 11.7. The third-order valence-corrected chi connectivity index (χ3v) is 6.39. The highest BCUT2D eigenvalue weighted by atomic mass is 32.2. The third kappa shape index (κ3) is 4.05. The summed E-state index contributed by atoms with van der Waals surface area (Å²) in [4.78, 5) is 41.3. The second-order valence-electron chi connectivity index (χ2n) is 7.26. The Morgan fingerprint density at radius 1 is 1.16 bits per heavy atom. The highest BCUT2D eigenvalue weighted by Gasteiger charge is 2.36. The molecule has 0 aliphatic carbocycles. The molecule has 8 heteroatoms. The van der Waals surface area contributed by atoms with Gasteiger partial charge in [0.15, 0.2) is 0 Å². The van der Waals surface area contributed by atoms with E-state index in [-0.39, 0.29) is 30.7 Å². The minimum atomic E-state index is -0.581. The molecule has 1 unspecified atom stereocenters. The van der Waals surface area contributed by atoms with Crippen LogP contribution in [0, 0.1) is 11.3 Å². The molecule has 0 bridgehead atoms. The Morgan fingerprint density at radius 2 is 1.87 bits per heavy atom. The molecule has 31 heavy (non-hydrogen) atoms. The van der Waals surface area contributed by atoms with Gasteiger partial charge >= 0.3 is 0 Å². The molecule has 7 nitrogen and oxygen atoms in total. The molecule has 2 aliphatic heterocycles. The predicted molar refractivity (Wildman–Crippen MR) is 119 cm³/mol. The SMILES string of the molecule is C=C1c2ccccc2C(=O)N1CCC(=O)N1CSCC1C(=O)Nc1ccc(C#N)cc1. The second kappa shape index (κ2) is 8.66. The summed E-state index contributed by atoms with van der Waals surface area (Å²) in [6.45, 7) is 4.22. The molecule has 1 fully saturated rings. The maximum atomic E-state index is 12.9. The minimum absolute atomic E-state index is 0.111. The maximum absolute atomic E-state index is 12.9. The average Bonchev–Trinajstić information content (AvgIpc) is 3.37. The third-order valence-electron chi connectivity index (χ3n) is 5.38. The van der Waals surface area contributed by atoms with E-state index in [4.69, 9.17) is 5.26 Å². The Kier molecular flexibility index (Phi) is 5.78. The number of benzene rings is 2. The van der Waals surface area contributed by atoms with Gasteiger partial charge in [0.2, 0.25) is 11.8 Å². The molecule has 156 valence electrons. The Balaban J connectivity index is 1.37. The number of hydrogen-bond donors (Lipinski definition) is 1. The number of fused-ring (bicyclic) bond motifs is 1. The molecule has 2 heterocycles. The number of nitrogens with zero attached hydrogens (tertiary/aromatic N) is 3. The number of carbonyl (C=O) groups is 3. The standard InChI is InChI=1S/C23H20N4O3S/c1-15-18-4-2-3-5-19(18)23(30)26(15)11-10-21(28)27-14-31-13-20(27)22(29)25-17-8-6-16(12-24)7-9-17/h2-9,20H,1,10-11,13-14H2,(H,25,29). The molecule has 0 radical (unpaired) electrons. The number of nitrogens with one attached hydrogen (secondary N) is 1. The lowest BCUT2D eigenvalue weighted by Gasteiger charge is -2.24. The molecule has 1 saturated heterocycles. The van der Waals surface area contributed by atoms with Crippen LogP contribution in [0.5, 0.6) is 0 Å². The van der Waals surface area contributed by atoms with Crippen LogP contribution in [0.3, 0.4) is 0 Å². The zero-order chi connectivity index (χ0) is 22.0. The summed E-state index contributed by atoms with van der Waals surface area (Å²) >= 11 is 1.52. The molecule has 0 aromatic heterocycles. The summed E-state index contributed by atoms with van der Waals surface area (Å²) in [6, 6.07) is 15.3. The molecule has 2 aromatic rings. The molecule has 0 spiro atoms. The number of rotatable bonds is 5. The smallest absolute Gasteiger partial charge is 0.258 e. The van der Waals surface area contributed by atoms with Gasteiger partial charge in [-0.2, -0.15) is 5.26 Å². The monoisotopic (exact) mass is 432 g/mol. The van der Waals surface area contributed by atoms with E-state index in [1.165, 1.54) is 16.7 Å². The Morgan fingerprint density at radius 3 is 2.55 bits per heavy atom. The van der Waals surface area contributed by atoms with Crippen LogP contribution in [-0.4, -0.2) is 51.7 Å². The van der Waals surface area contributed by atoms with Gasteiger partial charge in [-0.15, -0.1) is 11.8 Å². The van der Waals surface area contributed by atoms with Crippen LogP contribution in [0.4, 0.5) is 5.69 Å². The zero-order valence-corrected chi connectivity index (χ0v) is 17.5. The van der Waals surface area contributed by atoms with E-state index in [0.717, 1.165) is 5.56 Å². The van der Waals surface area contributed by atoms with E-state index in [2.05, 4.69) is 11.9 Å². The molecule has 2 aromatic carbocycles. The average molecular weight is 433 g/mol. The van der Waals surface area contributed by atoms with Crippen LogP contribution in [0.25, 0.3) is 5.70 Å². The van der Waals surface area contributed by atoms with Crippen molar-refractivity contribution in [3.05, 3.63) is 71.8 Å². The van der Waals surface area contributed by atoms with Crippen LogP contribution in [0.15, 0.2) is 55.1 Å². The molecular formula is C23H20N4O3S. The van der Waals surface area contributed by atoms with Crippen molar-refractivity contribution >= 4 is 40.9 Å². The molecule has 3 amide bonds. The van der Waals surface area contributed by atoms with Crippen molar-refractivity contribution < 1.29 is 14.4 Å². The van der Waals surface area contributed by atoms with Crippen molar-refractivity contribution in [3.8, 4) is 6.07 Å². The molecular weight excluding hydrogens is 412 g/mol. The van der Waals surface area contributed by atoms with Crippen LogP contribution < -0.4 is 5.32 Å². The number of carbonyl (C=O) groups excluding carboxylic acids is 3. The number of hydrogen-bond acceptors (Lipinski definition) is 5. The molecule has 4 rings (SSSR count). The molecule has 1 atom stereocenters. The van der Waals surface area contributed by atoms with Gasteiger partial charge in [-0.05, 0) is 30.3 Å². The topological polar surface area (TPSA) is 93.5 Å². The van der Waals surface area contributed by atoms with Crippen LogP contribution >= 0.6 is 11.8 Å². The first-order chi connectivity index (χ1) is 15.0. The van der Waals surface area contributed by atoms with Crippen molar-refractivity contribution in [3.63, 3.8) is 0 Å². The van der Waals surface area contributed by atoms with E-state index in [1.807, 2.05) is 18.2 Å². The largest absolute Gasteiger partial charge is 0.324 e. The lowest BCUT2D eigenvalue weighted by atomic mass is 10.1. The second-order valence-corrected chi connectivity index (χ2v) is 8.26. The van der Waals surface area contributed by atoms with Crippen LogP contribution in [-0.2, 0) is 9.59 Å². The van der Waals surface area contributed by atoms with Gasteiger partial charge in [0.1, 0.15) is 6.04 Å². The van der Waals surface area contributed by atoms with Crippen LogP contribution in [0.1, 0.15) is 27.9 Å².